The molecule has 0 saturated carbocycles. The molecule has 3 heterocycles. The Morgan fingerprint density at radius 1 is 0.423 bits per heavy atom. The van der Waals surface area contributed by atoms with E-state index in [0.29, 0.717) is 0 Å². The second kappa shape index (κ2) is 12.2. The molecule has 1 aliphatic carbocycles. The van der Waals surface area contributed by atoms with Crippen molar-refractivity contribution in [1.29, 1.82) is 0 Å². The summed E-state index contributed by atoms with van der Waals surface area (Å²) in [6, 6.07) is 53.0. The SMILES string of the molecule is CC1C=CC=CC1n1c(-c2cc(-c3nc4ccccc4n3-c3ccccc3)cc(-c3nc4ccccc4n3-c3ccccc3)c2)nc2ccccc21. The summed E-state index contributed by atoms with van der Waals surface area (Å²) < 4.78 is 6.93. The van der Waals surface area contributed by atoms with Gasteiger partial charge in [0.05, 0.1) is 39.1 Å². The number of rotatable bonds is 6. The molecule has 0 spiro atoms. The van der Waals surface area contributed by atoms with Gasteiger partial charge >= 0.3 is 0 Å². The zero-order chi connectivity index (χ0) is 34.6. The van der Waals surface area contributed by atoms with Crippen LogP contribution in [0, 0.1) is 5.92 Å². The minimum atomic E-state index is 0.0993. The van der Waals surface area contributed by atoms with Crippen molar-refractivity contribution < 1.29 is 0 Å². The van der Waals surface area contributed by atoms with Gasteiger partial charge in [-0.25, -0.2) is 15.0 Å². The number of aromatic nitrogens is 6. The van der Waals surface area contributed by atoms with Gasteiger partial charge in [-0.2, -0.15) is 0 Å². The summed E-state index contributed by atoms with van der Waals surface area (Å²) in [4.78, 5) is 16.0. The molecule has 0 radical (unpaired) electrons. The van der Waals surface area contributed by atoms with Crippen molar-refractivity contribution in [3.05, 3.63) is 176 Å². The number of imidazole rings is 3. The molecule has 6 heteroatoms. The molecular formula is C46H34N6. The maximum atomic E-state index is 5.36. The number of hydrogen-bond acceptors (Lipinski definition) is 3. The van der Waals surface area contributed by atoms with E-state index < -0.39 is 0 Å². The molecule has 0 saturated heterocycles. The van der Waals surface area contributed by atoms with E-state index in [2.05, 4.69) is 184 Å². The van der Waals surface area contributed by atoms with Crippen molar-refractivity contribution >= 4 is 33.1 Å². The fourth-order valence-corrected chi connectivity index (χ4v) is 7.71. The molecular weight excluding hydrogens is 637 g/mol. The van der Waals surface area contributed by atoms with Gasteiger partial charge in [-0.05, 0) is 84.8 Å². The molecule has 6 aromatic carbocycles. The highest BCUT2D eigenvalue weighted by Gasteiger charge is 2.26. The highest BCUT2D eigenvalue weighted by atomic mass is 15.1. The summed E-state index contributed by atoms with van der Waals surface area (Å²) in [5.41, 5.74) is 11.1. The van der Waals surface area contributed by atoms with Gasteiger partial charge < -0.3 is 4.57 Å². The van der Waals surface area contributed by atoms with Crippen LogP contribution in [-0.2, 0) is 0 Å². The first-order valence-electron chi connectivity index (χ1n) is 17.8. The molecule has 6 nitrogen and oxygen atoms in total. The standard InChI is InChI=1S/C46H34N6/c1-31-16-8-12-24-40(31)52-43-27-15-11-23-39(43)49-46(52)34-29-32(44-47-37-21-9-13-25-41(37)50(44)35-17-4-2-5-18-35)28-33(30-34)45-48-38-22-10-14-26-42(38)51(45)36-19-6-3-7-20-36/h2-31,40H,1H3. The second-order valence-corrected chi connectivity index (χ2v) is 13.4. The molecule has 0 amide bonds. The van der Waals surface area contributed by atoms with Gasteiger partial charge in [-0.1, -0.05) is 104 Å². The van der Waals surface area contributed by atoms with E-state index in [9.17, 15) is 0 Å². The first-order valence-corrected chi connectivity index (χ1v) is 17.8. The predicted octanol–water partition coefficient (Wildman–Crippen LogP) is 11.0. The fraction of sp³-hybridized carbons (Fsp3) is 0.0652. The molecule has 0 aliphatic heterocycles. The van der Waals surface area contributed by atoms with E-state index in [-0.39, 0.29) is 12.0 Å². The molecule has 0 N–H and O–H groups in total. The Bertz CT molecular complexity index is 2680. The van der Waals surface area contributed by atoms with Gasteiger partial charge in [0.25, 0.3) is 0 Å². The van der Waals surface area contributed by atoms with E-state index in [1.165, 1.54) is 0 Å². The lowest BCUT2D eigenvalue weighted by atomic mass is 9.96. The third-order valence-electron chi connectivity index (χ3n) is 10.1. The minimum absolute atomic E-state index is 0.0993. The topological polar surface area (TPSA) is 53.5 Å². The van der Waals surface area contributed by atoms with Crippen molar-refractivity contribution in [2.24, 2.45) is 5.92 Å². The lowest BCUT2D eigenvalue weighted by Gasteiger charge is -2.25. The molecule has 2 unspecified atom stereocenters. The summed E-state index contributed by atoms with van der Waals surface area (Å²) in [7, 11) is 0. The van der Waals surface area contributed by atoms with Crippen molar-refractivity contribution in [3.63, 3.8) is 0 Å². The van der Waals surface area contributed by atoms with Crippen LogP contribution in [-0.4, -0.2) is 28.7 Å². The summed E-state index contributed by atoms with van der Waals surface area (Å²) >= 11 is 0. The van der Waals surface area contributed by atoms with Crippen LogP contribution in [0.25, 0.3) is 78.6 Å². The van der Waals surface area contributed by atoms with Gasteiger partial charge in [0, 0.05) is 28.1 Å². The van der Waals surface area contributed by atoms with E-state index in [1.807, 2.05) is 12.1 Å². The Labute approximate surface area is 301 Å². The van der Waals surface area contributed by atoms with Crippen LogP contribution in [0.3, 0.4) is 0 Å². The lowest BCUT2D eigenvalue weighted by Crippen LogP contribution is -2.16. The predicted molar refractivity (Wildman–Crippen MR) is 212 cm³/mol. The molecule has 248 valence electrons. The minimum Gasteiger partial charge on any atom is -0.316 e. The van der Waals surface area contributed by atoms with E-state index in [0.717, 1.165) is 78.6 Å². The summed E-state index contributed by atoms with van der Waals surface area (Å²) in [6.45, 7) is 2.27. The van der Waals surface area contributed by atoms with Crippen LogP contribution in [0.2, 0.25) is 0 Å². The van der Waals surface area contributed by atoms with Gasteiger partial charge in [-0.15, -0.1) is 0 Å². The molecule has 9 aromatic rings. The van der Waals surface area contributed by atoms with E-state index in [1.54, 1.807) is 0 Å². The highest BCUT2D eigenvalue weighted by Crippen LogP contribution is 2.40. The Balaban J connectivity index is 1.30. The Kier molecular flexibility index (Phi) is 7.06. The number of fused-ring (bicyclic) bond motifs is 3. The van der Waals surface area contributed by atoms with E-state index >= 15 is 0 Å². The number of hydrogen-bond donors (Lipinski definition) is 0. The summed E-state index contributed by atoms with van der Waals surface area (Å²) in [5, 5.41) is 0. The zero-order valence-corrected chi connectivity index (χ0v) is 28.6. The third-order valence-corrected chi connectivity index (χ3v) is 10.1. The fourth-order valence-electron chi connectivity index (χ4n) is 7.71. The smallest absolute Gasteiger partial charge is 0.145 e. The first kappa shape index (κ1) is 30.1. The Hall–Kier alpha value is -6.79. The summed E-state index contributed by atoms with van der Waals surface area (Å²) in [6.07, 6.45) is 8.85. The maximum Gasteiger partial charge on any atom is 0.145 e. The van der Waals surface area contributed by atoms with Crippen molar-refractivity contribution in [2.45, 2.75) is 13.0 Å². The average Bonchev–Trinajstić information content (AvgIpc) is 3.91. The second-order valence-electron chi connectivity index (χ2n) is 13.4. The van der Waals surface area contributed by atoms with Gasteiger partial charge in [-0.3, -0.25) is 9.13 Å². The third kappa shape index (κ3) is 4.91. The number of para-hydroxylation sites is 8. The molecule has 0 fully saturated rings. The Morgan fingerprint density at radius 3 is 1.35 bits per heavy atom. The van der Waals surface area contributed by atoms with Crippen LogP contribution >= 0.6 is 0 Å². The first-order chi connectivity index (χ1) is 25.7. The average molecular weight is 671 g/mol. The number of benzene rings is 6. The van der Waals surface area contributed by atoms with Crippen molar-refractivity contribution in [2.75, 3.05) is 0 Å². The van der Waals surface area contributed by atoms with Crippen LogP contribution in [0.5, 0.6) is 0 Å². The van der Waals surface area contributed by atoms with Crippen LogP contribution in [0.4, 0.5) is 0 Å². The molecule has 1 aliphatic rings. The van der Waals surface area contributed by atoms with E-state index in [4.69, 9.17) is 15.0 Å². The molecule has 2 atom stereocenters. The lowest BCUT2D eigenvalue weighted by molar-refractivity contribution is 0.500. The monoisotopic (exact) mass is 670 g/mol. The van der Waals surface area contributed by atoms with Crippen LogP contribution in [0.15, 0.2) is 176 Å². The quantitative estimate of drug-likeness (QED) is 0.177. The van der Waals surface area contributed by atoms with Gasteiger partial charge in [0.1, 0.15) is 17.5 Å². The largest absolute Gasteiger partial charge is 0.316 e. The van der Waals surface area contributed by atoms with Gasteiger partial charge in [0.15, 0.2) is 0 Å². The van der Waals surface area contributed by atoms with Crippen molar-refractivity contribution in [1.82, 2.24) is 28.7 Å². The van der Waals surface area contributed by atoms with Crippen LogP contribution < -0.4 is 0 Å². The van der Waals surface area contributed by atoms with Gasteiger partial charge in [0.2, 0.25) is 0 Å². The van der Waals surface area contributed by atoms with Crippen LogP contribution in [0.1, 0.15) is 13.0 Å². The molecule has 52 heavy (non-hydrogen) atoms. The summed E-state index contributed by atoms with van der Waals surface area (Å²) in [5.74, 6) is 2.91. The normalized spacial score (nSPS) is 15.6. The number of nitrogens with zero attached hydrogens (tertiary/aromatic N) is 6. The number of allylic oxidation sites excluding steroid dienone is 4. The molecule has 0 bridgehead atoms. The molecule has 3 aromatic heterocycles. The zero-order valence-electron chi connectivity index (χ0n) is 28.6. The Morgan fingerprint density at radius 2 is 0.827 bits per heavy atom. The maximum absolute atomic E-state index is 5.36. The molecule has 10 rings (SSSR count). The highest BCUT2D eigenvalue weighted by molar-refractivity contribution is 5.89. The van der Waals surface area contributed by atoms with Crippen molar-refractivity contribution in [3.8, 4) is 45.5 Å².